The Bertz CT molecular complexity index is 300. The van der Waals surface area contributed by atoms with E-state index in [1.54, 1.807) is 5.38 Å². The number of nitro groups is 1. The van der Waals surface area contributed by atoms with Crippen LogP contribution in [0.4, 0.5) is 5.00 Å². The van der Waals surface area contributed by atoms with Crippen LogP contribution in [-0.4, -0.2) is 16.6 Å². The molecule has 5 nitrogen and oxygen atoms in total. The van der Waals surface area contributed by atoms with Gasteiger partial charge >= 0.3 is 5.00 Å². The molecule has 1 heterocycles. The van der Waals surface area contributed by atoms with Crippen LogP contribution in [0.5, 0.6) is 0 Å². The summed E-state index contributed by atoms with van der Waals surface area (Å²) in [7, 11) is 0. The second-order valence-electron chi connectivity index (χ2n) is 2.59. The molecule has 6 heteroatoms. The van der Waals surface area contributed by atoms with Crippen molar-refractivity contribution in [1.82, 2.24) is 0 Å². The molecule has 0 saturated heterocycles. The zero-order valence-corrected chi connectivity index (χ0v) is 7.66. The Kier molecular flexibility index (Phi) is 3.35. The SMILES string of the molecule is N[C@@H](CCO)c1csc([N+](=O)[O-])c1. The quantitative estimate of drug-likeness (QED) is 0.563. The van der Waals surface area contributed by atoms with Crippen molar-refractivity contribution in [2.45, 2.75) is 12.5 Å². The zero-order valence-electron chi connectivity index (χ0n) is 6.84. The van der Waals surface area contributed by atoms with Crippen molar-refractivity contribution in [2.24, 2.45) is 5.73 Å². The van der Waals surface area contributed by atoms with Gasteiger partial charge in [0.1, 0.15) is 0 Å². The maximum Gasteiger partial charge on any atom is 0.324 e. The van der Waals surface area contributed by atoms with E-state index in [2.05, 4.69) is 0 Å². The Morgan fingerprint density at radius 3 is 2.92 bits per heavy atom. The molecule has 0 aliphatic carbocycles. The van der Waals surface area contributed by atoms with Crippen molar-refractivity contribution in [3.05, 3.63) is 27.1 Å². The first kappa shape index (κ1) is 10.1. The summed E-state index contributed by atoms with van der Waals surface area (Å²) in [6.45, 7) is -0.00912. The average Bonchev–Trinajstić information content (AvgIpc) is 2.52. The van der Waals surface area contributed by atoms with Gasteiger partial charge in [-0.15, -0.1) is 0 Å². The Hall–Kier alpha value is -0.980. The lowest BCUT2D eigenvalue weighted by atomic mass is 10.1. The van der Waals surface area contributed by atoms with Gasteiger partial charge in [0.25, 0.3) is 0 Å². The van der Waals surface area contributed by atoms with E-state index in [4.69, 9.17) is 10.8 Å². The minimum atomic E-state index is -0.445. The molecule has 13 heavy (non-hydrogen) atoms. The van der Waals surface area contributed by atoms with Crippen molar-refractivity contribution in [3.8, 4) is 0 Å². The molecule has 72 valence electrons. The summed E-state index contributed by atoms with van der Waals surface area (Å²) < 4.78 is 0. The van der Waals surface area contributed by atoms with Gasteiger partial charge in [0.05, 0.1) is 4.92 Å². The van der Waals surface area contributed by atoms with Gasteiger partial charge in [-0.1, -0.05) is 11.3 Å². The molecular weight excluding hydrogens is 192 g/mol. The summed E-state index contributed by atoms with van der Waals surface area (Å²) in [5.74, 6) is 0. The maximum atomic E-state index is 10.3. The lowest BCUT2D eigenvalue weighted by molar-refractivity contribution is -0.380. The zero-order chi connectivity index (χ0) is 9.84. The lowest BCUT2D eigenvalue weighted by Gasteiger charge is -2.05. The van der Waals surface area contributed by atoms with Gasteiger partial charge in [-0.2, -0.15) is 0 Å². The van der Waals surface area contributed by atoms with Gasteiger partial charge in [-0.05, 0) is 12.0 Å². The van der Waals surface area contributed by atoms with Crippen LogP contribution in [0.1, 0.15) is 18.0 Å². The number of aliphatic hydroxyl groups excluding tert-OH is 1. The summed E-state index contributed by atoms with van der Waals surface area (Å²) in [6, 6.07) is 1.14. The predicted octanol–water partition coefficient (Wildman–Crippen LogP) is 1.04. The molecule has 1 atom stereocenters. The summed E-state index contributed by atoms with van der Waals surface area (Å²) in [6.07, 6.45) is 0.424. The van der Waals surface area contributed by atoms with E-state index in [-0.39, 0.29) is 17.6 Å². The summed E-state index contributed by atoms with van der Waals surface area (Å²) in [5, 5.41) is 20.7. The third kappa shape index (κ3) is 2.48. The van der Waals surface area contributed by atoms with Crippen LogP contribution in [-0.2, 0) is 0 Å². The molecule has 0 spiro atoms. The fourth-order valence-electron chi connectivity index (χ4n) is 0.935. The number of nitrogens with zero attached hydrogens (tertiary/aromatic N) is 1. The summed E-state index contributed by atoms with van der Waals surface area (Å²) >= 11 is 1.05. The first-order chi connectivity index (χ1) is 6.15. The van der Waals surface area contributed by atoms with Crippen molar-refractivity contribution in [2.75, 3.05) is 6.61 Å². The molecule has 1 aromatic heterocycles. The molecule has 0 unspecified atom stereocenters. The van der Waals surface area contributed by atoms with Crippen LogP contribution in [0, 0.1) is 10.1 Å². The smallest absolute Gasteiger partial charge is 0.324 e. The topological polar surface area (TPSA) is 89.4 Å². The van der Waals surface area contributed by atoms with Gasteiger partial charge in [-0.25, -0.2) is 0 Å². The summed E-state index contributed by atoms with van der Waals surface area (Å²) in [5.41, 5.74) is 6.36. The van der Waals surface area contributed by atoms with Crippen molar-refractivity contribution >= 4 is 16.3 Å². The molecule has 0 aromatic carbocycles. The first-order valence-electron chi connectivity index (χ1n) is 3.74. The fraction of sp³-hybridized carbons (Fsp3) is 0.429. The fourth-order valence-corrected chi connectivity index (χ4v) is 1.72. The molecule has 0 amide bonds. The molecule has 3 N–H and O–H groups in total. The second-order valence-corrected chi connectivity index (χ2v) is 3.48. The number of hydrogen-bond acceptors (Lipinski definition) is 5. The predicted molar refractivity (Wildman–Crippen MR) is 49.6 cm³/mol. The second kappa shape index (κ2) is 4.31. The van der Waals surface area contributed by atoms with Gasteiger partial charge < -0.3 is 10.8 Å². The Labute approximate surface area is 79.0 Å². The highest BCUT2D eigenvalue weighted by Gasteiger charge is 2.13. The normalized spacial score (nSPS) is 12.8. The van der Waals surface area contributed by atoms with E-state index in [0.29, 0.717) is 12.0 Å². The van der Waals surface area contributed by atoms with Crippen molar-refractivity contribution in [1.29, 1.82) is 0 Å². The largest absolute Gasteiger partial charge is 0.396 e. The van der Waals surface area contributed by atoms with E-state index >= 15 is 0 Å². The highest BCUT2D eigenvalue weighted by molar-refractivity contribution is 7.13. The minimum Gasteiger partial charge on any atom is -0.396 e. The highest BCUT2D eigenvalue weighted by atomic mass is 32.1. The number of thiophene rings is 1. The van der Waals surface area contributed by atoms with Crippen LogP contribution in [0.2, 0.25) is 0 Å². The molecule has 0 bridgehead atoms. The highest BCUT2D eigenvalue weighted by Crippen LogP contribution is 2.26. The first-order valence-corrected chi connectivity index (χ1v) is 4.62. The monoisotopic (exact) mass is 202 g/mol. The third-order valence-corrected chi connectivity index (χ3v) is 2.55. The summed E-state index contributed by atoms with van der Waals surface area (Å²) in [4.78, 5) is 9.88. The number of hydrogen-bond donors (Lipinski definition) is 2. The molecule has 1 rings (SSSR count). The van der Waals surface area contributed by atoms with E-state index in [0.717, 1.165) is 11.3 Å². The van der Waals surface area contributed by atoms with E-state index < -0.39 is 4.92 Å². The number of nitrogens with two attached hydrogens (primary N) is 1. The Morgan fingerprint density at radius 2 is 2.46 bits per heavy atom. The maximum absolute atomic E-state index is 10.3. The van der Waals surface area contributed by atoms with E-state index in [9.17, 15) is 10.1 Å². The standard InChI is InChI=1S/C7H10N2O3S/c8-6(1-2-10)5-3-7(9(11)12)13-4-5/h3-4,6,10H,1-2,8H2/t6-/m0/s1. The van der Waals surface area contributed by atoms with Gasteiger partial charge in [-0.3, -0.25) is 10.1 Å². The van der Waals surface area contributed by atoms with Gasteiger partial charge in [0.15, 0.2) is 0 Å². The molecule has 0 aliphatic heterocycles. The Morgan fingerprint density at radius 1 is 1.77 bits per heavy atom. The molecule has 0 fully saturated rings. The van der Waals surface area contributed by atoms with Crippen LogP contribution < -0.4 is 5.73 Å². The molecule has 1 aromatic rings. The van der Waals surface area contributed by atoms with Crippen molar-refractivity contribution in [3.63, 3.8) is 0 Å². The van der Waals surface area contributed by atoms with E-state index in [1.807, 2.05) is 0 Å². The molecule has 0 aliphatic rings. The molecular formula is C7H10N2O3S. The lowest BCUT2D eigenvalue weighted by Crippen LogP contribution is -2.10. The minimum absolute atomic E-state index is 0.00912. The number of aliphatic hydroxyl groups is 1. The average molecular weight is 202 g/mol. The van der Waals surface area contributed by atoms with Crippen LogP contribution in [0.25, 0.3) is 0 Å². The molecule has 0 radical (unpaired) electrons. The Balaban J connectivity index is 2.73. The van der Waals surface area contributed by atoms with E-state index in [1.165, 1.54) is 6.07 Å². The molecule has 0 saturated carbocycles. The van der Waals surface area contributed by atoms with Crippen LogP contribution in [0.3, 0.4) is 0 Å². The van der Waals surface area contributed by atoms with Gasteiger partial charge in [0, 0.05) is 24.1 Å². The van der Waals surface area contributed by atoms with Crippen LogP contribution >= 0.6 is 11.3 Å². The van der Waals surface area contributed by atoms with Gasteiger partial charge in [0.2, 0.25) is 0 Å². The number of rotatable bonds is 4. The van der Waals surface area contributed by atoms with Crippen molar-refractivity contribution < 1.29 is 10.0 Å². The van der Waals surface area contributed by atoms with Crippen LogP contribution in [0.15, 0.2) is 11.4 Å². The third-order valence-electron chi connectivity index (χ3n) is 1.65.